The number of nitrogens with one attached hydrogen (secondary N) is 1. The van der Waals surface area contributed by atoms with Crippen molar-refractivity contribution in [1.82, 2.24) is 5.32 Å². The third kappa shape index (κ3) is 7.32. The Morgan fingerprint density at radius 1 is 1.42 bits per heavy atom. The molecule has 2 N–H and O–H groups in total. The van der Waals surface area contributed by atoms with E-state index in [0.717, 1.165) is 16.6 Å². The summed E-state index contributed by atoms with van der Waals surface area (Å²) in [6.45, 7) is 1.83. The van der Waals surface area contributed by atoms with Gasteiger partial charge in [0.15, 0.2) is 0 Å². The Labute approximate surface area is 125 Å². The van der Waals surface area contributed by atoms with E-state index < -0.39 is 5.97 Å². The lowest BCUT2D eigenvalue weighted by atomic mass is 10.1. The predicted octanol–water partition coefficient (Wildman–Crippen LogP) is 3.20. The third-order valence-corrected chi connectivity index (χ3v) is 4.34. The van der Waals surface area contributed by atoms with Gasteiger partial charge in [-0.3, -0.25) is 9.59 Å². The van der Waals surface area contributed by atoms with Crippen molar-refractivity contribution in [3.8, 4) is 0 Å². The molecular weight excluding hydrogens is 330 g/mol. The standard InChI is InChI=1S/C13H18BrNO3S/c1-9(5-8-13(17)18)15-12(16)4-2-3-10-6-7-11(14)19-10/h6-7,9H,2-5,8H2,1H3,(H,15,16)(H,17,18). The molecule has 1 atom stereocenters. The highest BCUT2D eigenvalue weighted by Crippen LogP contribution is 2.23. The van der Waals surface area contributed by atoms with Crippen molar-refractivity contribution < 1.29 is 14.7 Å². The molecule has 0 aliphatic heterocycles. The topological polar surface area (TPSA) is 66.4 Å². The number of halogens is 1. The minimum absolute atomic E-state index is 0.00601. The molecule has 0 aromatic carbocycles. The van der Waals surface area contributed by atoms with Gasteiger partial charge in [0, 0.05) is 23.8 Å². The van der Waals surface area contributed by atoms with Gasteiger partial charge in [0.25, 0.3) is 0 Å². The maximum Gasteiger partial charge on any atom is 0.303 e. The average molecular weight is 348 g/mol. The number of hydrogen-bond donors (Lipinski definition) is 2. The van der Waals surface area contributed by atoms with E-state index in [9.17, 15) is 9.59 Å². The van der Waals surface area contributed by atoms with Crippen molar-refractivity contribution in [2.24, 2.45) is 0 Å². The fourth-order valence-corrected chi connectivity index (χ4v) is 3.19. The Hall–Kier alpha value is -0.880. The molecule has 1 heterocycles. The fraction of sp³-hybridized carbons (Fsp3) is 0.538. The molecule has 106 valence electrons. The van der Waals surface area contributed by atoms with Crippen molar-refractivity contribution in [2.45, 2.75) is 45.1 Å². The molecular formula is C13H18BrNO3S. The number of aryl methyl sites for hydroxylation is 1. The molecule has 0 spiro atoms. The minimum Gasteiger partial charge on any atom is -0.481 e. The summed E-state index contributed by atoms with van der Waals surface area (Å²) in [5, 5.41) is 11.4. The van der Waals surface area contributed by atoms with Crippen LogP contribution in [0.15, 0.2) is 15.9 Å². The van der Waals surface area contributed by atoms with Crippen LogP contribution in [0, 0.1) is 0 Å². The molecule has 4 nitrogen and oxygen atoms in total. The number of carbonyl (C=O) groups is 2. The van der Waals surface area contributed by atoms with Crippen LogP contribution >= 0.6 is 27.3 Å². The van der Waals surface area contributed by atoms with Gasteiger partial charge in [0.1, 0.15) is 0 Å². The molecule has 1 unspecified atom stereocenters. The lowest BCUT2D eigenvalue weighted by molar-refractivity contribution is -0.137. The van der Waals surface area contributed by atoms with Gasteiger partial charge in [-0.2, -0.15) is 0 Å². The lowest BCUT2D eigenvalue weighted by Gasteiger charge is -2.12. The molecule has 0 saturated heterocycles. The van der Waals surface area contributed by atoms with Crippen LogP contribution < -0.4 is 5.32 Å². The van der Waals surface area contributed by atoms with Crippen molar-refractivity contribution in [2.75, 3.05) is 0 Å². The minimum atomic E-state index is -0.829. The maximum absolute atomic E-state index is 11.6. The number of aliphatic carboxylic acids is 1. The second-order valence-corrected chi connectivity index (χ2v) is 7.01. The van der Waals surface area contributed by atoms with E-state index in [-0.39, 0.29) is 18.4 Å². The van der Waals surface area contributed by atoms with E-state index in [2.05, 4.69) is 27.3 Å². The molecule has 0 aliphatic carbocycles. The van der Waals surface area contributed by atoms with Crippen molar-refractivity contribution >= 4 is 39.1 Å². The van der Waals surface area contributed by atoms with Crippen molar-refractivity contribution in [3.63, 3.8) is 0 Å². The van der Waals surface area contributed by atoms with Gasteiger partial charge in [-0.15, -0.1) is 11.3 Å². The normalized spacial score (nSPS) is 12.1. The summed E-state index contributed by atoms with van der Waals surface area (Å²) in [4.78, 5) is 23.3. The first-order valence-corrected chi connectivity index (χ1v) is 7.83. The highest BCUT2D eigenvalue weighted by molar-refractivity contribution is 9.11. The van der Waals surface area contributed by atoms with Crippen LogP contribution in [0.3, 0.4) is 0 Å². The van der Waals surface area contributed by atoms with E-state index in [1.54, 1.807) is 11.3 Å². The molecule has 1 amide bonds. The van der Waals surface area contributed by atoms with Gasteiger partial charge in [-0.1, -0.05) is 0 Å². The molecule has 19 heavy (non-hydrogen) atoms. The quantitative estimate of drug-likeness (QED) is 0.758. The molecule has 0 aliphatic rings. The van der Waals surface area contributed by atoms with Gasteiger partial charge >= 0.3 is 5.97 Å². The van der Waals surface area contributed by atoms with Crippen molar-refractivity contribution in [1.29, 1.82) is 0 Å². The lowest BCUT2D eigenvalue weighted by Crippen LogP contribution is -2.32. The third-order valence-electron chi connectivity index (χ3n) is 2.65. The Morgan fingerprint density at radius 3 is 2.74 bits per heavy atom. The van der Waals surface area contributed by atoms with E-state index in [1.807, 2.05) is 13.0 Å². The predicted molar refractivity (Wildman–Crippen MR) is 79.4 cm³/mol. The second kappa shape index (κ2) is 8.32. The second-order valence-electron chi connectivity index (χ2n) is 4.46. The molecule has 1 rings (SSSR count). The summed E-state index contributed by atoms with van der Waals surface area (Å²) in [5.74, 6) is -0.835. The Balaban J connectivity index is 2.15. The van der Waals surface area contributed by atoms with Gasteiger partial charge < -0.3 is 10.4 Å². The highest BCUT2D eigenvalue weighted by Gasteiger charge is 2.09. The molecule has 0 radical (unpaired) electrons. The molecule has 1 aromatic rings. The van der Waals surface area contributed by atoms with E-state index in [0.29, 0.717) is 12.8 Å². The van der Waals surface area contributed by atoms with Crippen LogP contribution in [0.4, 0.5) is 0 Å². The summed E-state index contributed by atoms with van der Waals surface area (Å²) in [5.41, 5.74) is 0. The SMILES string of the molecule is CC(CCC(=O)O)NC(=O)CCCc1ccc(Br)s1. The van der Waals surface area contributed by atoms with Crippen LogP contribution in [-0.2, 0) is 16.0 Å². The van der Waals surface area contributed by atoms with Gasteiger partial charge in [0.05, 0.1) is 3.79 Å². The van der Waals surface area contributed by atoms with Crippen LogP contribution in [0.1, 0.15) is 37.5 Å². The van der Waals surface area contributed by atoms with Crippen LogP contribution in [-0.4, -0.2) is 23.0 Å². The number of rotatable bonds is 8. The van der Waals surface area contributed by atoms with E-state index >= 15 is 0 Å². The first-order valence-electron chi connectivity index (χ1n) is 6.22. The van der Waals surface area contributed by atoms with Crippen molar-refractivity contribution in [3.05, 3.63) is 20.8 Å². The number of amides is 1. The summed E-state index contributed by atoms with van der Waals surface area (Å²) in [7, 11) is 0. The molecule has 6 heteroatoms. The zero-order chi connectivity index (χ0) is 14.3. The first kappa shape index (κ1) is 16.2. The van der Waals surface area contributed by atoms with Crippen LogP contribution in [0.5, 0.6) is 0 Å². The largest absolute Gasteiger partial charge is 0.481 e. The molecule has 0 bridgehead atoms. The van der Waals surface area contributed by atoms with Crippen LogP contribution in [0.25, 0.3) is 0 Å². The average Bonchev–Trinajstić information content (AvgIpc) is 2.72. The summed E-state index contributed by atoms with van der Waals surface area (Å²) in [6.07, 6.45) is 2.74. The number of carboxylic acid groups (broad SMARTS) is 1. The van der Waals surface area contributed by atoms with E-state index in [1.165, 1.54) is 4.88 Å². The monoisotopic (exact) mass is 347 g/mol. The highest BCUT2D eigenvalue weighted by atomic mass is 79.9. The Morgan fingerprint density at radius 2 is 2.16 bits per heavy atom. The van der Waals surface area contributed by atoms with Gasteiger partial charge in [0.2, 0.25) is 5.91 Å². The number of hydrogen-bond acceptors (Lipinski definition) is 3. The molecule has 0 saturated carbocycles. The van der Waals surface area contributed by atoms with E-state index in [4.69, 9.17) is 5.11 Å². The Kier molecular flexibility index (Phi) is 7.09. The smallest absolute Gasteiger partial charge is 0.303 e. The summed E-state index contributed by atoms with van der Waals surface area (Å²) in [6, 6.07) is 3.98. The zero-order valence-corrected chi connectivity index (χ0v) is 13.2. The number of carbonyl (C=O) groups excluding carboxylic acids is 1. The summed E-state index contributed by atoms with van der Waals surface area (Å²) >= 11 is 5.09. The fourth-order valence-electron chi connectivity index (χ4n) is 1.67. The Bertz CT molecular complexity index is 433. The first-order chi connectivity index (χ1) is 8.97. The zero-order valence-electron chi connectivity index (χ0n) is 10.8. The number of thiophene rings is 1. The van der Waals surface area contributed by atoms with Gasteiger partial charge in [-0.25, -0.2) is 0 Å². The van der Waals surface area contributed by atoms with Crippen LogP contribution in [0.2, 0.25) is 0 Å². The molecule has 0 fully saturated rings. The summed E-state index contributed by atoms with van der Waals surface area (Å²) < 4.78 is 1.11. The number of carboxylic acids is 1. The maximum atomic E-state index is 11.6. The van der Waals surface area contributed by atoms with Gasteiger partial charge in [-0.05, 0) is 54.2 Å². The molecule has 1 aromatic heterocycles.